The molecule has 0 aliphatic heterocycles. The van der Waals surface area contributed by atoms with Gasteiger partial charge >= 0.3 is 0 Å². The van der Waals surface area contributed by atoms with Crippen molar-refractivity contribution in [1.29, 1.82) is 10.5 Å². The normalized spacial score (nSPS) is 10.7. The third-order valence-electron chi connectivity index (χ3n) is 4.74. The molecule has 4 N–H and O–H groups in total. The topological polar surface area (TPSA) is 202 Å². The van der Waals surface area contributed by atoms with Crippen molar-refractivity contribution in [3.63, 3.8) is 0 Å². The summed E-state index contributed by atoms with van der Waals surface area (Å²) in [5.41, 5.74) is 0.889. The molecule has 0 bridgehead atoms. The molecule has 266 valence electrons. The van der Waals surface area contributed by atoms with Gasteiger partial charge in [-0.15, -0.1) is 0 Å². The molecule has 2 rings (SSSR count). The Hall–Kier alpha value is -6.38. The van der Waals surface area contributed by atoms with Gasteiger partial charge in [0.25, 0.3) is 0 Å². The molecule has 0 amide bonds. The van der Waals surface area contributed by atoms with Gasteiger partial charge < -0.3 is 58.3 Å². The second-order valence-electron chi connectivity index (χ2n) is 8.68. The number of hydrogen-bond acceptors (Lipinski definition) is 14. The maximum atomic E-state index is 9.30. The number of aliphatic hydroxyl groups is 4. The van der Waals surface area contributed by atoms with Crippen LogP contribution >= 0.6 is 0 Å². The average Bonchev–Trinajstić information content (AvgIpc) is 3.05. The standard InChI is InChI=1S/2C11H12NO3.2C5H10O3.3Rf/c2*1-14-7-10(13)8-15-11-5-3-2-4-9(11)6-12;2*1-7-3-5(6)4-8-2;;;/h2*2-5,10,13H,1,7-8H2;2*5-6H,1-4H2;;;/q2*-1;2*-2;;;. The first kappa shape index (κ1) is 52.2. The third kappa shape index (κ3) is 28.8. The molecule has 49 heavy (non-hydrogen) atoms. The molecule has 2 aromatic carbocycles. The Kier molecular flexibility index (Phi) is 38.4. The van der Waals surface area contributed by atoms with Crippen LogP contribution in [0.25, 0.3) is 0 Å². The van der Waals surface area contributed by atoms with E-state index < -0.39 is 24.4 Å². The molecule has 0 heterocycles. The Morgan fingerprint density at radius 2 is 0.673 bits per heavy atom. The molecule has 0 aromatic heterocycles. The van der Waals surface area contributed by atoms with Crippen LogP contribution in [-0.4, -0.2) is 97.7 Å². The Bertz CT molecular complexity index is 985. The van der Waals surface area contributed by atoms with Crippen LogP contribution in [0.1, 0.15) is 11.1 Å². The fraction of sp³-hybridized carbons (Fsp3) is 0.375. The van der Waals surface area contributed by atoms with E-state index in [2.05, 4.69) is 71.1 Å². The van der Waals surface area contributed by atoms with Crippen molar-refractivity contribution in [3.05, 3.63) is 102 Å². The molecule has 0 fully saturated rings. The van der Waals surface area contributed by atoms with Gasteiger partial charge in [-0.05, 0) is 24.3 Å². The Labute approximate surface area is 272 Å². The van der Waals surface area contributed by atoms with Gasteiger partial charge in [0, 0.05) is 39.6 Å². The van der Waals surface area contributed by atoms with E-state index in [1.165, 1.54) is 0 Å². The molecule has 0 saturated heterocycles. The van der Waals surface area contributed by atoms with Crippen LogP contribution in [0.4, 0.5) is 0 Å². The van der Waals surface area contributed by atoms with Crippen LogP contribution in [0.15, 0.2) is 48.5 Å². The summed E-state index contributed by atoms with van der Waals surface area (Å²) in [5, 5.41) is 53.6. The van der Waals surface area contributed by atoms with Gasteiger partial charge in [-0.3, -0.25) is 0 Å². The van der Waals surface area contributed by atoms with Gasteiger partial charge in [0.05, 0.1) is 23.3 Å². The molecule has 0 radical (unpaired) electrons. The molecule has 0 saturated carbocycles. The van der Waals surface area contributed by atoms with E-state index in [9.17, 15) is 10.2 Å². The van der Waals surface area contributed by atoms with Crippen molar-refractivity contribution >= 4 is 0 Å². The molecule has 0 spiro atoms. The van der Waals surface area contributed by atoms with Crippen LogP contribution in [0.5, 0.6) is 11.5 Å². The number of para-hydroxylation sites is 2. The summed E-state index contributed by atoms with van der Waals surface area (Å²) in [4.78, 5) is 0. The fourth-order valence-corrected chi connectivity index (χ4v) is 2.75. The van der Waals surface area contributed by atoms with Gasteiger partial charge in [-0.1, -0.05) is 24.3 Å². The minimum absolute atomic E-state index is 0. The molecule has 14 nitrogen and oxygen atoms in total. The first-order valence-electron chi connectivity index (χ1n) is 13.4. The van der Waals surface area contributed by atoms with E-state index in [0.29, 0.717) is 22.6 Å². The van der Waals surface area contributed by atoms with E-state index in [4.69, 9.17) is 30.2 Å². The number of nitrogens with zero attached hydrogens (tertiary/aromatic N) is 2. The summed E-state index contributed by atoms with van der Waals surface area (Å²) >= 11 is 0. The minimum Gasteiger partial charge on any atom is -0.553 e. The average molecular weight is 1450 g/mol. The van der Waals surface area contributed by atoms with Gasteiger partial charge in [0.1, 0.15) is 49.1 Å². The smallest absolute Gasteiger partial charge is 0.137 e. The van der Waals surface area contributed by atoms with E-state index in [0.717, 1.165) is 0 Å². The van der Waals surface area contributed by atoms with Crippen LogP contribution in [0, 0.1) is 65.3 Å². The Morgan fingerprint density at radius 3 is 0.898 bits per heavy atom. The predicted octanol–water partition coefficient (Wildman–Crippen LogP) is 2.14. The first-order chi connectivity index (χ1) is 22.2. The number of ether oxygens (including phenoxy) is 8. The van der Waals surface area contributed by atoms with E-state index in [1.807, 2.05) is 12.1 Å². The Balaban J connectivity index is -0.000000179. The van der Waals surface area contributed by atoms with Crippen molar-refractivity contribution in [2.24, 2.45) is 0 Å². The molecular formula is C32H44N2O12Rf3-6. The van der Waals surface area contributed by atoms with Crippen molar-refractivity contribution < 1.29 is 58.3 Å². The zero-order valence-electron chi connectivity index (χ0n) is 27.9. The zero-order valence-corrected chi connectivity index (χ0v) is 47.1. The van der Waals surface area contributed by atoms with Crippen LogP contribution in [0.3, 0.4) is 0 Å². The predicted molar refractivity (Wildman–Crippen MR) is 165 cm³/mol. The monoisotopic (exact) mass is 1450 g/mol. The maximum absolute atomic E-state index is 9.30. The van der Waals surface area contributed by atoms with Crippen molar-refractivity contribution in [2.75, 3.05) is 52.9 Å². The molecular weight excluding hydrogens is 1410 g/mol. The van der Waals surface area contributed by atoms with E-state index in [-0.39, 0.29) is 52.9 Å². The molecule has 2 aromatic rings. The second-order valence-corrected chi connectivity index (χ2v) is 8.68. The summed E-state index contributed by atoms with van der Waals surface area (Å²) in [5.74, 6) is 0.922. The van der Waals surface area contributed by atoms with Crippen molar-refractivity contribution in [2.45, 2.75) is 24.4 Å². The van der Waals surface area contributed by atoms with E-state index >= 15 is 0 Å². The van der Waals surface area contributed by atoms with Crippen LogP contribution < -0.4 is 9.47 Å². The van der Waals surface area contributed by atoms with Crippen molar-refractivity contribution in [1.82, 2.24) is 0 Å². The van der Waals surface area contributed by atoms with E-state index in [1.54, 1.807) is 48.5 Å². The zero-order chi connectivity index (χ0) is 35.0. The number of nitriles is 2. The molecule has 2 unspecified atom stereocenters. The summed E-state index contributed by atoms with van der Waals surface area (Å²) in [7, 11) is 18.6. The molecule has 0 aliphatic carbocycles. The molecule has 0 aliphatic rings. The fourth-order valence-electron chi connectivity index (χ4n) is 2.75. The summed E-state index contributed by atoms with van der Waals surface area (Å²) in [6.45, 7) is 1.13. The van der Waals surface area contributed by atoms with Gasteiger partial charge in [-0.2, -0.15) is 10.5 Å². The first-order valence-corrected chi connectivity index (χ1v) is 13.4. The quantitative estimate of drug-likeness (QED) is 0.158. The maximum Gasteiger partial charge on any atom is 0.137 e. The molecule has 2 atom stereocenters. The summed E-state index contributed by atoms with van der Waals surface area (Å²) in [6.07, 6.45) is -2.70. The largest absolute Gasteiger partial charge is 0.553 e. The number of hydrogen-bond donors (Lipinski definition) is 4. The van der Waals surface area contributed by atoms with Crippen LogP contribution in [0.2, 0.25) is 0 Å². The van der Waals surface area contributed by atoms with Gasteiger partial charge in [-0.25, -0.2) is 42.7 Å². The molecule has 17 heteroatoms. The number of rotatable bonds is 18. The summed E-state index contributed by atoms with van der Waals surface area (Å²) < 4.78 is 36.9. The summed E-state index contributed by atoms with van der Waals surface area (Å²) in [6, 6.07) is 17.7. The number of aliphatic hydroxyl groups excluding tert-OH is 4. The Morgan fingerprint density at radius 1 is 0.449 bits per heavy atom. The van der Waals surface area contributed by atoms with Gasteiger partial charge in [0.15, 0.2) is 0 Å². The SMILES string of the molecule is [CH2-]OCC(O)CO[CH2-].[CH2-]OCC(O)CO[CH2-].[CH2-]OCC(O)COc1ccccc1C#N.[CH2-]OCC(O)COc1ccccc1C#N.[Rf].[Rf].[Rf]. The second kappa shape index (κ2) is 36.1. The van der Waals surface area contributed by atoms with Gasteiger partial charge in [0.2, 0.25) is 0 Å². The van der Waals surface area contributed by atoms with Crippen LogP contribution in [-0.2, 0) is 28.4 Å². The third-order valence-corrected chi connectivity index (χ3v) is 4.74. The number of benzene rings is 2. The minimum atomic E-state index is -0.741. The van der Waals surface area contributed by atoms with Crippen molar-refractivity contribution in [3.8, 4) is 23.6 Å².